The molecular formula is C56H42N4. The number of benzene rings is 7. The first kappa shape index (κ1) is 36.8. The molecule has 4 heteroatoms. The number of hydrogen-bond donors (Lipinski definition) is 0. The van der Waals surface area contributed by atoms with Crippen LogP contribution in [0, 0.1) is 0 Å². The van der Waals surface area contributed by atoms with Gasteiger partial charge in [-0.3, -0.25) is 0 Å². The molecule has 0 aliphatic heterocycles. The zero-order valence-corrected chi connectivity index (χ0v) is 33.8. The zero-order chi connectivity index (χ0) is 40.6. The molecule has 0 amide bonds. The number of hydrogen-bond acceptors (Lipinski definition) is 4. The molecule has 0 atom stereocenters. The van der Waals surface area contributed by atoms with Crippen molar-refractivity contribution in [3.63, 3.8) is 0 Å². The average Bonchev–Trinajstić information content (AvgIpc) is 3.31. The van der Waals surface area contributed by atoms with Crippen LogP contribution in [-0.2, 0) is 5.41 Å². The van der Waals surface area contributed by atoms with Gasteiger partial charge in [0.2, 0.25) is 0 Å². The summed E-state index contributed by atoms with van der Waals surface area (Å²) >= 11 is 0. The molecule has 3 heterocycles. The summed E-state index contributed by atoms with van der Waals surface area (Å²) in [4.78, 5) is 20.9. The van der Waals surface area contributed by atoms with Gasteiger partial charge in [-0.1, -0.05) is 191 Å². The summed E-state index contributed by atoms with van der Waals surface area (Å²) in [6.45, 7) is 6.80. The Labute approximate surface area is 351 Å². The maximum atomic E-state index is 5.35. The minimum absolute atomic E-state index is 0.0799. The number of pyridine rings is 2. The number of aromatic nitrogens is 4. The SMILES string of the molecule is CC(C)(C)c1cc(-c2ccccc2)nc2c1ccc1ccc(-c3cccc(-c4cccc(-c5cc(-c6ccccc6)nc(-c6ccc(-c7ccccc7)cc6)n5)c4)c3)nc12. The van der Waals surface area contributed by atoms with Crippen LogP contribution in [0.15, 0.2) is 200 Å². The lowest BCUT2D eigenvalue weighted by Crippen LogP contribution is -2.12. The van der Waals surface area contributed by atoms with E-state index in [-0.39, 0.29) is 5.41 Å². The molecule has 0 saturated carbocycles. The fraction of sp³-hybridized carbons (Fsp3) is 0.0714. The quantitative estimate of drug-likeness (QED) is 0.151. The molecule has 0 bridgehead atoms. The van der Waals surface area contributed by atoms with Crippen LogP contribution in [0.3, 0.4) is 0 Å². The van der Waals surface area contributed by atoms with E-state index < -0.39 is 0 Å². The fourth-order valence-corrected chi connectivity index (χ4v) is 8.05. The minimum atomic E-state index is -0.0799. The Balaban J connectivity index is 1.04. The van der Waals surface area contributed by atoms with Gasteiger partial charge >= 0.3 is 0 Å². The van der Waals surface area contributed by atoms with Gasteiger partial charge in [-0.25, -0.2) is 19.9 Å². The highest BCUT2D eigenvalue weighted by Gasteiger charge is 2.21. The third-order valence-corrected chi connectivity index (χ3v) is 11.2. The maximum Gasteiger partial charge on any atom is 0.160 e. The Kier molecular flexibility index (Phi) is 9.38. The van der Waals surface area contributed by atoms with Crippen molar-refractivity contribution in [3.8, 4) is 78.7 Å². The molecule has 0 N–H and O–H groups in total. The zero-order valence-electron chi connectivity index (χ0n) is 33.8. The molecule has 7 aromatic carbocycles. The molecule has 0 aliphatic carbocycles. The predicted octanol–water partition coefficient (Wildman–Crippen LogP) is 14.5. The average molecular weight is 771 g/mol. The summed E-state index contributed by atoms with van der Waals surface area (Å²) in [5, 5.41) is 2.20. The monoisotopic (exact) mass is 770 g/mol. The number of rotatable bonds is 7. The second-order valence-electron chi connectivity index (χ2n) is 16.3. The van der Waals surface area contributed by atoms with E-state index in [0.29, 0.717) is 5.82 Å². The van der Waals surface area contributed by atoms with Crippen LogP contribution >= 0.6 is 0 Å². The molecule has 0 aliphatic rings. The molecule has 3 aromatic heterocycles. The van der Waals surface area contributed by atoms with Crippen LogP contribution in [0.25, 0.3) is 100 Å². The van der Waals surface area contributed by atoms with Crippen molar-refractivity contribution in [2.45, 2.75) is 26.2 Å². The van der Waals surface area contributed by atoms with E-state index in [9.17, 15) is 0 Å². The third kappa shape index (κ3) is 7.25. The normalized spacial score (nSPS) is 11.6. The van der Waals surface area contributed by atoms with E-state index >= 15 is 0 Å². The van der Waals surface area contributed by atoms with E-state index in [1.807, 2.05) is 30.3 Å². The molecule has 0 saturated heterocycles. The Morgan fingerprint density at radius 3 is 1.35 bits per heavy atom. The van der Waals surface area contributed by atoms with Crippen molar-refractivity contribution >= 4 is 21.8 Å². The van der Waals surface area contributed by atoms with Gasteiger partial charge < -0.3 is 0 Å². The van der Waals surface area contributed by atoms with Gasteiger partial charge in [0.15, 0.2) is 5.82 Å². The molecule has 286 valence electrons. The summed E-state index contributed by atoms with van der Waals surface area (Å²) < 4.78 is 0. The predicted molar refractivity (Wildman–Crippen MR) is 249 cm³/mol. The van der Waals surface area contributed by atoms with Crippen molar-refractivity contribution in [2.75, 3.05) is 0 Å². The van der Waals surface area contributed by atoms with Gasteiger partial charge in [-0.05, 0) is 63.6 Å². The minimum Gasteiger partial charge on any atom is -0.245 e. The van der Waals surface area contributed by atoms with Gasteiger partial charge in [0, 0.05) is 38.6 Å². The van der Waals surface area contributed by atoms with Crippen LogP contribution < -0.4 is 0 Å². The van der Waals surface area contributed by atoms with E-state index in [1.54, 1.807) is 0 Å². The van der Waals surface area contributed by atoms with Crippen molar-refractivity contribution in [1.29, 1.82) is 0 Å². The highest BCUT2D eigenvalue weighted by atomic mass is 14.9. The Morgan fingerprint density at radius 2 is 0.750 bits per heavy atom. The maximum absolute atomic E-state index is 5.35. The molecule has 0 radical (unpaired) electrons. The summed E-state index contributed by atoms with van der Waals surface area (Å²) in [5.41, 5.74) is 16.3. The van der Waals surface area contributed by atoms with Crippen LogP contribution in [0.1, 0.15) is 26.3 Å². The first-order chi connectivity index (χ1) is 29.3. The first-order valence-electron chi connectivity index (χ1n) is 20.5. The van der Waals surface area contributed by atoms with Gasteiger partial charge in [-0.15, -0.1) is 0 Å². The van der Waals surface area contributed by atoms with Gasteiger partial charge in [-0.2, -0.15) is 0 Å². The fourth-order valence-electron chi connectivity index (χ4n) is 8.05. The second-order valence-corrected chi connectivity index (χ2v) is 16.3. The van der Waals surface area contributed by atoms with Crippen LogP contribution in [0.5, 0.6) is 0 Å². The standard InChI is InChI=1S/C56H42N4/c1-56(2,3)48-35-50(39-17-9-5-10-18-39)58-54-47(48)31-29-41-30-32-49(57-53(41)54)45-23-13-21-43(33-45)44-22-14-24-46(34-44)52-36-51(40-19-11-6-12-20-40)59-55(60-52)42-27-25-38(26-28-42)37-15-7-4-8-16-37/h4-36H,1-3H3. The van der Waals surface area contributed by atoms with Crippen molar-refractivity contribution in [1.82, 2.24) is 19.9 Å². The number of nitrogens with zero attached hydrogens (tertiary/aromatic N) is 4. The molecule has 60 heavy (non-hydrogen) atoms. The second kappa shape index (κ2) is 15.3. The Morgan fingerprint density at radius 1 is 0.300 bits per heavy atom. The lowest BCUT2D eigenvalue weighted by molar-refractivity contribution is 0.595. The number of fused-ring (bicyclic) bond motifs is 3. The molecule has 10 rings (SSSR count). The van der Waals surface area contributed by atoms with Gasteiger partial charge in [0.05, 0.1) is 33.8 Å². The molecule has 0 fully saturated rings. The van der Waals surface area contributed by atoms with Gasteiger partial charge in [0.25, 0.3) is 0 Å². The Bertz CT molecular complexity index is 3150. The van der Waals surface area contributed by atoms with Crippen molar-refractivity contribution in [3.05, 3.63) is 206 Å². The first-order valence-corrected chi connectivity index (χ1v) is 20.5. The van der Waals surface area contributed by atoms with E-state index in [1.165, 1.54) is 11.1 Å². The molecule has 4 nitrogen and oxygen atoms in total. The smallest absolute Gasteiger partial charge is 0.160 e. The van der Waals surface area contributed by atoms with E-state index in [2.05, 4.69) is 191 Å². The summed E-state index contributed by atoms with van der Waals surface area (Å²) in [5.74, 6) is 0.688. The summed E-state index contributed by atoms with van der Waals surface area (Å²) in [6.07, 6.45) is 0. The van der Waals surface area contributed by atoms with Crippen molar-refractivity contribution in [2.24, 2.45) is 0 Å². The third-order valence-electron chi connectivity index (χ3n) is 11.2. The van der Waals surface area contributed by atoms with Crippen LogP contribution in [0.4, 0.5) is 0 Å². The molecule has 0 spiro atoms. The Hall–Kier alpha value is -7.56. The van der Waals surface area contributed by atoms with E-state index in [0.717, 1.165) is 89.1 Å². The highest BCUT2D eigenvalue weighted by molar-refractivity contribution is 6.05. The lowest BCUT2D eigenvalue weighted by atomic mass is 9.83. The lowest BCUT2D eigenvalue weighted by Gasteiger charge is -2.23. The van der Waals surface area contributed by atoms with Gasteiger partial charge in [0.1, 0.15) is 0 Å². The summed E-state index contributed by atoms with van der Waals surface area (Å²) in [6, 6.07) is 70.0. The largest absolute Gasteiger partial charge is 0.245 e. The molecule has 10 aromatic rings. The van der Waals surface area contributed by atoms with Crippen LogP contribution in [-0.4, -0.2) is 19.9 Å². The highest BCUT2D eigenvalue weighted by Crippen LogP contribution is 2.37. The van der Waals surface area contributed by atoms with Crippen LogP contribution in [0.2, 0.25) is 0 Å². The summed E-state index contributed by atoms with van der Waals surface area (Å²) in [7, 11) is 0. The topological polar surface area (TPSA) is 51.6 Å². The van der Waals surface area contributed by atoms with E-state index in [4.69, 9.17) is 19.9 Å². The molecule has 0 unspecified atom stereocenters. The molecular weight excluding hydrogens is 729 g/mol. The van der Waals surface area contributed by atoms with Crippen molar-refractivity contribution < 1.29 is 0 Å².